The molecule has 0 heterocycles. The highest BCUT2D eigenvalue weighted by molar-refractivity contribution is 9.10. The van der Waals surface area contributed by atoms with Crippen LogP contribution in [0.3, 0.4) is 0 Å². The molecule has 2 rings (SSSR count). The van der Waals surface area contributed by atoms with E-state index >= 15 is 0 Å². The average molecular weight is 333 g/mol. The van der Waals surface area contributed by atoms with E-state index in [1.807, 2.05) is 0 Å². The van der Waals surface area contributed by atoms with Crippen LogP contribution in [0, 0.1) is 6.92 Å². The molecule has 0 spiro atoms. The van der Waals surface area contributed by atoms with Gasteiger partial charge in [-0.3, -0.25) is 5.84 Å². The van der Waals surface area contributed by atoms with Crippen LogP contribution in [0.2, 0.25) is 0 Å². The van der Waals surface area contributed by atoms with Crippen LogP contribution in [0.5, 0.6) is 0 Å². The average Bonchev–Trinajstić information content (AvgIpc) is 2.43. The maximum absolute atomic E-state index is 5.81. The molecule has 0 aromatic heterocycles. The van der Waals surface area contributed by atoms with Gasteiger partial charge in [-0.05, 0) is 47.7 Å². The third-order valence-electron chi connectivity index (χ3n) is 3.53. The standard InChI is InChI=1S/C17H21BrN2/c1-3-5-13-6-4-7-14(11-13)17(20-19)16-9-8-15(18)10-12(16)2/h4,6-11,17,20H,3,5,19H2,1-2H3. The van der Waals surface area contributed by atoms with Gasteiger partial charge in [-0.15, -0.1) is 0 Å². The summed E-state index contributed by atoms with van der Waals surface area (Å²) in [6.07, 6.45) is 2.26. The Bertz CT molecular complexity index is 581. The van der Waals surface area contributed by atoms with Gasteiger partial charge >= 0.3 is 0 Å². The second-order valence-electron chi connectivity index (χ2n) is 5.10. The molecule has 0 aliphatic rings. The molecule has 3 heteroatoms. The van der Waals surface area contributed by atoms with E-state index in [-0.39, 0.29) is 6.04 Å². The first-order valence-electron chi connectivity index (χ1n) is 6.96. The first kappa shape index (κ1) is 15.2. The predicted octanol–water partition coefficient (Wildman–Crippen LogP) is 4.26. The molecule has 2 nitrogen and oxygen atoms in total. The van der Waals surface area contributed by atoms with E-state index in [0.717, 1.165) is 17.3 Å². The molecule has 0 radical (unpaired) electrons. The number of nitrogens with two attached hydrogens (primary N) is 1. The van der Waals surface area contributed by atoms with Gasteiger partial charge in [0, 0.05) is 4.47 Å². The molecule has 20 heavy (non-hydrogen) atoms. The summed E-state index contributed by atoms with van der Waals surface area (Å²) >= 11 is 3.50. The van der Waals surface area contributed by atoms with Gasteiger partial charge in [-0.2, -0.15) is 0 Å². The number of aryl methyl sites for hydroxylation is 2. The molecular weight excluding hydrogens is 312 g/mol. The van der Waals surface area contributed by atoms with Gasteiger partial charge in [0.25, 0.3) is 0 Å². The Morgan fingerprint density at radius 3 is 2.65 bits per heavy atom. The van der Waals surface area contributed by atoms with Gasteiger partial charge in [-0.25, -0.2) is 5.43 Å². The second kappa shape index (κ2) is 7.02. The smallest absolute Gasteiger partial charge is 0.0712 e. The molecule has 106 valence electrons. The van der Waals surface area contributed by atoms with Gasteiger partial charge in [0.2, 0.25) is 0 Å². The molecule has 1 unspecified atom stereocenters. The summed E-state index contributed by atoms with van der Waals surface area (Å²) in [4.78, 5) is 0. The molecule has 3 N–H and O–H groups in total. The van der Waals surface area contributed by atoms with E-state index in [4.69, 9.17) is 5.84 Å². The molecule has 0 bridgehead atoms. The topological polar surface area (TPSA) is 38.0 Å². The molecule has 0 saturated carbocycles. The summed E-state index contributed by atoms with van der Waals surface area (Å²) in [6.45, 7) is 4.31. The summed E-state index contributed by atoms with van der Waals surface area (Å²) in [7, 11) is 0. The Morgan fingerprint density at radius 2 is 2.00 bits per heavy atom. The molecule has 2 aromatic rings. The zero-order chi connectivity index (χ0) is 14.5. The Balaban J connectivity index is 2.38. The quantitative estimate of drug-likeness (QED) is 0.634. The van der Waals surface area contributed by atoms with Crippen LogP contribution in [0.1, 0.15) is 41.6 Å². The van der Waals surface area contributed by atoms with E-state index in [9.17, 15) is 0 Å². The summed E-state index contributed by atoms with van der Waals surface area (Å²) in [5.41, 5.74) is 7.96. The van der Waals surface area contributed by atoms with Crippen molar-refractivity contribution >= 4 is 15.9 Å². The lowest BCUT2D eigenvalue weighted by Gasteiger charge is -2.20. The summed E-state index contributed by atoms with van der Waals surface area (Å²) in [5.74, 6) is 5.81. The van der Waals surface area contributed by atoms with Gasteiger partial charge in [0.15, 0.2) is 0 Å². The van der Waals surface area contributed by atoms with Crippen molar-refractivity contribution in [2.24, 2.45) is 5.84 Å². The number of nitrogens with one attached hydrogen (secondary N) is 1. The van der Waals surface area contributed by atoms with Crippen molar-refractivity contribution in [3.63, 3.8) is 0 Å². The largest absolute Gasteiger partial charge is 0.271 e. The lowest BCUT2D eigenvalue weighted by molar-refractivity contribution is 0.632. The number of hydrogen-bond acceptors (Lipinski definition) is 2. The van der Waals surface area contributed by atoms with E-state index in [1.54, 1.807) is 0 Å². The fourth-order valence-electron chi connectivity index (χ4n) is 2.55. The van der Waals surface area contributed by atoms with Gasteiger partial charge in [0.1, 0.15) is 0 Å². The fourth-order valence-corrected chi connectivity index (χ4v) is 3.02. The van der Waals surface area contributed by atoms with Crippen molar-refractivity contribution in [2.45, 2.75) is 32.7 Å². The van der Waals surface area contributed by atoms with Crippen molar-refractivity contribution < 1.29 is 0 Å². The lowest BCUT2D eigenvalue weighted by atomic mass is 9.94. The zero-order valence-electron chi connectivity index (χ0n) is 12.0. The highest BCUT2D eigenvalue weighted by Crippen LogP contribution is 2.27. The number of benzene rings is 2. The van der Waals surface area contributed by atoms with Crippen molar-refractivity contribution in [1.82, 2.24) is 5.43 Å². The number of hydrogen-bond donors (Lipinski definition) is 2. The third kappa shape index (κ3) is 3.48. The Hall–Kier alpha value is -1.16. The predicted molar refractivity (Wildman–Crippen MR) is 88.5 cm³/mol. The van der Waals surface area contributed by atoms with Gasteiger partial charge in [0.05, 0.1) is 6.04 Å². The third-order valence-corrected chi connectivity index (χ3v) is 4.03. The first-order valence-corrected chi connectivity index (χ1v) is 7.76. The van der Waals surface area contributed by atoms with E-state index in [2.05, 4.69) is 77.7 Å². The van der Waals surface area contributed by atoms with Gasteiger partial charge < -0.3 is 0 Å². The van der Waals surface area contributed by atoms with Crippen molar-refractivity contribution in [3.8, 4) is 0 Å². The molecule has 0 aliphatic heterocycles. The van der Waals surface area contributed by atoms with Crippen molar-refractivity contribution in [1.29, 1.82) is 0 Å². The molecular formula is C17H21BrN2. The highest BCUT2D eigenvalue weighted by atomic mass is 79.9. The maximum Gasteiger partial charge on any atom is 0.0712 e. The number of rotatable bonds is 5. The van der Waals surface area contributed by atoms with E-state index in [1.165, 1.54) is 22.3 Å². The van der Waals surface area contributed by atoms with Crippen LogP contribution in [0.4, 0.5) is 0 Å². The van der Waals surface area contributed by atoms with Crippen LogP contribution in [0.15, 0.2) is 46.9 Å². The SMILES string of the molecule is CCCc1cccc(C(NN)c2ccc(Br)cc2C)c1. The molecule has 0 fully saturated rings. The van der Waals surface area contributed by atoms with Crippen LogP contribution in [-0.2, 0) is 6.42 Å². The zero-order valence-corrected chi connectivity index (χ0v) is 13.6. The number of halogens is 1. The van der Waals surface area contributed by atoms with Crippen molar-refractivity contribution in [3.05, 3.63) is 69.2 Å². The van der Waals surface area contributed by atoms with E-state index < -0.39 is 0 Å². The van der Waals surface area contributed by atoms with E-state index in [0.29, 0.717) is 0 Å². The van der Waals surface area contributed by atoms with Gasteiger partial charge in [-0.1, -0.05) is 59.6 Å². The van der Waals surface area contributed by atoms with Crippen LogP contribution in [0.25, 0.3) is 0 Å². The summed E-state index contributed by atoms with van der Waals surface area (Å²) in [6, 6.07) is 15.0. The minimum Gasteiger partial charge on any atom is -0.271 e. The first-order chi connectivity index (χ1) is 9.65. The normalized spacial score (nSPS) is 12.4. The monoisotopic (exact) mass is 332 g/mol. The molecule has 1 atom stereocenters. The Labute approximate surface area is 129 Å². The summed E-state index contributed by atoms with van der Waals surface area (Å²) < 4.78 is 1.09. The minimum absolute atomic E-state index is 0.0277. The van der Waals surface area contributed by atoms with Crippen molar-refractivity contribution in [2.75, 3.05) is 0 Å². The highest BCUT2D eigenvalue weighted by Gasteiger charge is 2.15. The van der Waals surface area contributed by atoms with Crippen LogP contribution >= 0.6 is 15.9 Å². The molecule has 0 aliphatic carbocycles. The molecule has 2 aromatic carbocycles. The minimum atomic E-state index is 0.0277. The molecule has 0 saturated heterocycles. The van der Waals surface area contributed by atoms with Crippen LogP contribution in [-0.4, -0.2) is 0 Å². The van der Waals surface area contributed by atoms with Crippen LogP contribution < -0.4 is 11.3 Å². The Morgan fingerprint density at radius 1 is 1.20 bits per heavy atom. The summed E-state index contributed by atoms with van der Waals surface area (Å²) in [5, 5.41) is 0. The second-order valence-corrected chi connectivity index (χ2v) is 6.01. The maximum atomic E-state index is 5.81. The fraction of sp³-hybridized carbons (Fsp3) is 0.294. The Kier molecular flexibility index (Phi) is 5.35. The lowest BCUT2D eigenvalue weighted by Crippen LogP contribution is -2.29. The number of hydrazine groups is 1. The molecule has 0 amide bonds.